The fourth-order valence-corrected chi connectivity index (χ4v) is 3.24. The number of carbonyl (C=O) groups excluding carboxylic acids is 1. The molecule has 1 unspecified atom stereocenters. The molecule has 0 radical (unpaired) electrons. The molecule has 0 spiro atoms. The molecule has 0 fully saturated rings. The summed E-state index contributed by atoms with van der Waals surface area (Å²) in [7, 11) is -3.83. The monoisotopic (exact) mass is 344 g/mol. The highest BCUT2D eigenvalue weighted by atomic mass is 31.2. The summed E-state index contributed by atoms with van der Waals surface area (Å²) in [6.45, 7) is 1.54. The highest BCUT2D eigenvalue weighted by molar-refractivity contribution is 7.55. The average molecular weight is 344 g/mol. The van der Waals surface area contributed by atoms with E-state index in [1.54, 1.807) is 67.6 Å². The van der Waals surface area contributed by atoms with Gasteiger partial charge in [-0.15, -0.1) is 6.42 Å². The van der Waals surface area contributed by atoms with E-state index in [-0.39, 0.29) is 0 Å². The van der Waals surface area contributed by atoms with Crippen molar-refractivity contribution >= 4 is 13.6 Å². The van der Waals surface area contributed by atoms with Crippen molar-refractivity contribution in [3.05, 3.63) is 60.7 Å². The van der Waals surface area contributed by atoms with Gasteiger partial charge in [0.2, 0.25) is 0 Å². The Hall–Kier alpha value is -2.70. The zero-order valence-corrected chi connectivity index (χ0v) is 14.0. The van der Waals surface area contributed by atoms with Crippen molar-refractivity contribution in [1.29, 1.82) is 0 Å². The minimum absolute atomic E-state index is 0.328. The summed E-state index contributed by atoms with van der Waals surface area (Å²) in [5.41, 5.74) is 0. The molecule has 2 rings (SSSR count). The molecule has 0 bridgehead atoms. The number of terminal acetylenes is 1. The molecule has 0 heterocycles. The lowest BCUT2D eigenvalue weighted by atomic mass is 10.3. The summed E-state index contributed by atoms with van der Waals surface area (Å²) >= 11 is 0. The Morgan fingerprint density at radius 2 is 1.50 bits per heavy atom. The maximum atomic E-state index is 13.0. The molecular formula is C18H17O5P. The number of hydrogen-bond acceptors (Lipinski definition) is 5. The molecule has 124 valence electrons. The number of carbonyl (C=O) groups is 1. The van der Waals surface area contributed by atoms with Gasteiger partial charge in [0, 0.05) is 0 Å². The Morgan fingerprint density at radius 3 is 1.92 bits per heavy atom. The van der Waals surface area contributed by atoms with Crippen LogP contribution >= 0.6 is 7.60 Å². The number of hydrogen-bond donors (Lipinski definition) is 0. The van der Waals surface area contributed by atoms with Crippen LogP contribution in [0.4, 0.5) is 0 Å². The van der Waals surface area contributed by atoms with Gasteiger partial charge < -0.3 is 13.8 Å². The van der Waals surface area contributed by atoms with E-state index in [2.05, 4.69) is 5.92 Å². The summed E-state index contributed by atoms with van der Waals surface area (Å²) in [6, 6.07) is 17.0. The second-order valence-corrected chi connectivity index (χ2v) is 6.78. The van der Waals surface area contributed by atoms with Crippen LogP contribution in [-0.2, 0) is 14.1 Å². The number of benzene rings is 2. The summed E-state index contributed by atoms with van der Waals surface area (Å²) in [4.78, 5) is 12.0. The van der Waals surface area contributed by atoms with Crippen molar-refractivity contribution in [3.63, 3.8) is 0 Å². The van der Waals surface area contributed by atoms with Gasteiger partial charge in [0.25, 0.3) is 0 Å². The Kier molecular flexibility index (Phi) is 6.06. The van der Waals surface area contributed by atoms with E-state index in [1.807, 2.05) is 0 Å². The maximum Gasteiger partial charge on any atom is 0.441 e. The molecule has 2 aromatic rings. The molecule has 0 saturated carbocycles. The molecule has 6 heteroatoms. The first-order chi connectivity index (χ1) is 11.5. The van der Waals surface area contributed by atoms with Crippen LogP contribution in [0.1, 0.15) is 6.92 Å². The van der Waals surface area contributed by atoms with Crippen LogP contribution in [0.25, 0.3) is 0 Å². The van der Waals surface area contributed by atoms with Crippen LogP contribution in [0.3, 0.4) is 0 Å². The van der Waals surface area contributed by atoms with Crippen molar-refractivity contribution in [1.82, 2.24) is 0 Å². The molecule has 0 aliphatic rings. The summed E-state index contributed by atoms with van der Waals surface area (Å²) in [5.74, 6) is 2.17. The Morgan fingerprint density at radius 1 is 1.04 bits per heavy atom. The van der Waals surface area contributed by atoms with Gasteiger partial charge in [-0.2, -0.15) is 0 Å². The molecule has 0 aliphatic heterocycles. The highest BCUT2D eigenvalue weighted by Gasteiger charge is 2.33. The van der Waals surface area contributed by atoms with Gasteiger partial charge in [-0.1, -0.05) is 42.3 Å². The quantitative estimate of drug-likeness (QED) is 0.433. The van der Waals surface area contributed by atoms with E-state index in [9.17, 15) is 9.36 Å². The molecule has 2 aromatic carbocycles. The lowest BCUT2D eigenvalue weighted by Gasteiger charge is -2.20. The van der Waals surface area contributed by atoms with E-state index in [0.29, 0.717) is 11.5 Å². The lowest BCUT2D eigenvalue weighted by Crippen LogP contribution is -2.19. The van der Waals surface area contributed by atoms with Crippen LogP contribution in [0, 0.1) is 12.3 Å². The molecule has 0 amide bonds. The van der Waals surface area contributed by atoms with E-state index in [1.165, 1.54) is 0 Å². The van der Waals surface area contributed by atoms with Crippen LogP contribution in [0.15, 0.2) is 60.7 Å². The standard InChI is InChI=1S/C18H17O5P/c1-3-15(2)21-18(19)14-24(20,22-16-10-6-4-7-11-16)23-17-12-8-5-9-13-17/h1,4-13,15H,14H2,2H3. The van der Waals surface area contributed by atoms with E-state index in [4.69, 9.17) is 20.2 Å². The highest BCUT2D eigenvalue weighted by Crippen LogP contribution is 2.48. The van der Waals surface area contributed by atoms with Gasteiger partial charge in [0.15, 0.2) is 12.3 Å². The maximum absolute atomic E-state index is 13.0. The van der Waals surface area contributed by atoms with Crippen molar-refractivity contribution in [2.75, 3.05) is 6.16 Å². The fraction of sp³-hybridized carbons (Fsp3) is 0.167. The Balaban J connectivity index is 2.19. The zero-order chi connectivity index (χ0) is 17.4. The van der Waals surface area contributed by atoms with Crippen LogP contribution in [0.2, 0.25) is 0 Å². The van der Waals surface area contributed by atoms with Crippen molar-refractivity contribution in [2.45, 2.75) is 13.0 Å². The molecule has 0 saturated heterocycles. The third-order valence-corrected chi connectivity index (χ3v) is 4.46. The molecular weight excluding hydrogens is 327 g/mol. The zero-order valence-electron chi connectivity index (χ0n) is 13.1. The van der Waals surface area contributed by atoms with Crippen molar-refractivity contribution in [3.8, 4) is 23.8 Å². The second kappa shape index (κ2) is 8.24. The van der Waals surface area contributed by atoms with E-state index >= 15 is 0 Å². The predicted molar refractivity (Wildman–Crippen MR) is 91.0 cm³/mol. The molecule has 1 atom stereocenters. The molecule has 24 heavy (non-hydrogen) atoms. The van der Waals surface area contributed by atoms with Gasteiger partial charge in [-0.25, -0.2) is 4.57 Å². The van der Waals surface area contributed by atoms with Gasteiger partial charge in [0.1, 0.15) is 11.5 Å². The van der Waals surface area contributed by atoms with Gasteiger partial charge in [-0.3, -0.25) is 4.79 Å². The molecule has 5 nitrogen and oxygen atoms in total. The molecule has 0 aromatic heterocycles. The van der Waals surface area contributed by atoms with Crippen molar-refractivity contribution in [2.24, 2.45) is 0 Å². The normalized spacial score (nSPS) is 11.8. The SMILES string of the molecule is C#CC(C)OC(=O)CP(=O)(Oc1ccccc1)Oc1ccccc1. The largest absolute Gasteiger partial charge is 0.449 e. The third kappa shape index (κ3) is 5.49. The first-order valence-electron chi connectivity index (χ1n) is 7.25. The number of esters is 1. The van der Waals surface area contributed by atoms with Crippen LogP contribution in [-0.4, -0.2) is 18.2 Å². The first kappa shape index (κ1) is 17.7. The summed E-state index contributed by atoms with van der Waals surface area (Å²) in [6.07, 6.45) is 3.90. The van der Waals surface area contributed by atoms with Gasteiger partial charge in [-0.05, 0) is 31.2 Å². The molecule has 0 aliphatic carbocycles. The van der Waals surface area contributed by atoms with E-state index in [0.717, 1.165) is 0 Å². The average Bonchev–Trinajstić information content (AvgIpc) is 2.55. The smallest absolute Gasteiger partial charge is 0.441 e. The predicted octanol–water partition coefficient (Wildman–Crippen LogP) is 3.90. The van der Waals surface area contributed by atoms with Gasteiger partial charge >= 0.3 is 13.6 Å². The summed E-state index contributed by atoms with van der Waals surface area (Å²) in [5, 5.41) is 0. The van der Waals surface area contributed by atoms with Crippen LogP contribution in [0.5, 0.6) is 11.5 Å². The third-order valence-electron chi connectivity index (χ3n) is 2.84. The minimum Gasteiger partial charge on any atom is -0.449 e. The Bertz CT molecular complexity index is 706. The molecule has 0 N–H and O–H groups in total. The topological polar surface area (TPSA) is 61.8 Å². The summed E-state index contributed by atoms with van der Waals surface area (Å²) < 4.78 is 28.9. The lowest BCUT2D eigenvalue weighted by molar-refractivity contribution is -0.142. The second-order valence-electron chi connectivity index (χ2n) is 4.88. The number of ether oxygens (including phenoxy) is 1. The van der Waals surface area contributed by atoms with Gasteiger partial charge in [0.05, 0.1) is 0 Å². The van der Waals surface area contributed by atoms with Crippen LogP contribution < -0.4 is 9.05 Å². The first-order valence-corrected chi connectivity index (χ1v) is 8.97. The van der Waals surface area contributed by atoms with E-state index < -0.39 is 25.8 Å². The van der Waals surface area contributed by atoms with Crippen molar-refractivity contribution < 1.29 is 23.1 Å². The number of para-hydroxylation sites is 2. The minimum atomic E-state index is -3.83. The fourth-order valence-electron chi connectivity index (χ4n) is 1.79. The number of rotatable bonds is 7. The Labute approximate surface area is 141 Å².